The van der Waals surface area contributed by atoms with Crippen molar-refractivity contribution in [1.29, 1.82) is 0 Å². The zero-order valence-corrected chi connectivity index (χ0v) is 20.7. The molecule has 7 heteroatoms. The highest BCUT2D eigenvalue weighted by molar-refractivity contribution is 5.91. The first-order valence-corrected chi connectivity index (χ1v) is 12.5. The van der Waals surface area contributed by atoms with Crippen LogP contribution in [0, 0.1) is 0 Å². The van der Waals surface area contributed by atoms with Crippen molar-refractivity contribution in [2.24, 2.45) is 0 Å². The molecule has 0 saturated carbocycles. The number of amides is 2. The van der Waals surface area contributed by atoms with Gasteiger partial charge in [0.15, 0.2) is 0 Å². The van der Waals surface area contributed by atoms with Crippen molar-refractivity contribution < 1.29 is 24.2 Å². The van der Waals surface area contributed by atoms with E-state index in [0.717, 1.165) is 33.0 Å². The van der Waals surface area contributed by atoms with Crippen LogP contribution in [0.15, 0.2) is 97.1 Å². The van der Waals surface area contributed by atoms with E-state index in [-0.39, 0.29) is 26.0 Å². The molecule has 1 heterocycles. The molecule has 1 aliphatic rings. The minimum absolute atomic E-state index is 0.0744. The second-order valence-electron chi connectivity index (χ2n) is 9.40. The van der Waals surface area contributed by atoms with Crippen molar-refractivity contribution in [2.75, 3.05) is 0 Å². The van der Waals surface area contributed by atoms with Gasteiger partial charge in [0.2, 0.25) is 5.91 Å². The Morgan fingerprint density at radius 1 is 0.868 bits per heavy atom. The number of carbonyl (C=O) groups is 3. The number of rotatable bonds is 7. The van der Waals surface area contributed by atoms with Crippen LogP contribution in [0.25, 0.3) is 10.8 Å². The Kier molecular flexibility index (Phi) is 7.35. The molecule has 2 N–H and O–H groups in total. The van der Waals surface area contributed by atoms with Gasteiger partial charge in [-0.3, -0.25) is 9.69 Å². The lowest BCUT2D eigenvalue weighted by molar-refractivity contribution is -0.142. The van der Waals surface area contributed by atoms with Gasteiger partial charge in [-0.25, -0.2) is 9.59 Å². The van der Waals surface area contributed by atoms with Crippen molar-refractivity contribution in [1.82, 2.24) is 10.2 Å². The third-order valence-electron chi connectivity index (χ3n) is 6.91. The van der Waals surface area contributed by atoms with Crippen LogP contribution in [0.1, 0.15) is 22.3 Å². The number of ether oxygens (including phenoxy) is 1. The number of nitrogens with one attached hydrogen (secondary N) is 1. The average molecular weight is 509 g/mol. The molecule has 192 valence electrons. The third-order valence-corrected chi connectivity index (χ3v) is 6.91. The summed E-state index contributed by atoms with van der Waals surface area (Å²) in [7, 11) is 0. The fourth-order valence-electron chi connectivity index (χ4n) is 4.91. The lowest BCUT2D eigenvalue weighted by Gasteiger charge is -2.35. The summed E-state index contributed by atoms with van der Waals surface area (Å²) >= 11 is 0. The molecule has 0 aromatic heterocycles. The molecule has 0 unspecified atom stereocenters. The Balaban J connectivity index is 1.36. The van der Waals surface area contributed by atoms with Gasteiger partial charge in [-0.05, 0) is 33.0 Å². The normalized spacial score (nSPS) is 15.4. The van der Waals surface area contributed by atoms with E-state index in [0.29, 0.717) is 0 Å². The first-order chi connectivity index (χ1) is 18.5. The molecule has 7 nitrogen and oxygen atoms in total. The number of carboxylic acid groups (broad SMARTS) is 1. The summed E-state index contributed by atoms with van der Waals surface area (Å²) in [6.45, 7) is 0.272. The molecule has 0 saturated heterocycles. The Labute approximate surface area is 220 Å². The zero-order valence-electron chi connectivity index (χ0n) is 20.7. The zero-order chi connectivity index (χ0) is 26.5. The minimum atomic E-state index is -1.16. The van der Waals surface area contributed by atoms with Gasteiger partial charge in [-0.1, -0.05) is 97.1 Å². The highest BCUT2D eigenvalue weighted by Crippen LogP contribution is 2.25. The number of hydrogen-bond acceptors (Lipinski definition) is 4. The molecular weight excluding hydrogens is 480 g/mol. The summed E-state index contributed by atoms with van der Waals surface area (Å²) < 4.78 is 5.55. The minimum Gasteiger partial charge on any atom is -0.480 e. The largest absolute Gasteiger partial charge is 0.480 e. The molecule has 2 amide bonds. The summed E-state index contributed by atoms with van der Waals surface area (Å²) in [5.74, 6) is -1.66. The quantitative estimate of drug-likeness (QED) is 0.377. The average Bonchev–Trinajstić information content (AvgIpc) is 2.95. The molecule has 4 aromatic rings. The molecule has 0 aliphatic carbocycles. The smallest absolute Gasteiger partial charge is 0.411 e. The molecule has 4 aromatic carbocycles. The van der Waals surface area contributed by atoms with Crippen LogP contribution in [0.3, 0.4) is 0 Å². The first kappa shape index (κ1) is 25.0. The molecule has 38 heavy (non-hydrogen) atoms. The molecule has 2 atom stereocenters. The lowest BCUT2D eigenvalue weighted by atomic mass is 9.93. The Morgan fingerprint density at radius 3 is 2.34 bits per heavy atom. The summed E-state index contributed by atoms with van der Waals surface area (Å²) in [6, 6.07) is 28.3. The molecular formula is C31H28N2O5. The molecule has 0 bridgehead atoms. The monoisotopic (exact) mass is 508 g/mol. The third kappa shape index (κ3) is 5.52. The lowest BCUT2D eigenvalue weighted by Crippen LogP contribution is -2.56. The van der Waals surface area contributed by atoms with Gasteiger partial charge in [-0.15, -0.1) is 0 Å². The summed E-state index contributed by atoms with van der Waals surface area (Å²) in [4.78, 5) is 40.3. The number of fused-ring (bicyclic) bond motifs is 2. The van der Waals surface area contributed by atoms with Crippen molar-refractivity contribution in [3.8, 4) is 0 Å². The fraction of sp³-hybridized carbons (Fsp3) is 0.194. The molecule has 0 spiro atoms. The van der Waals surface area contributed by atoms with Crippen LogP contribution in [-0.4, -0.2) is 40.1 Å². The van der Waals surface area contributed by atoms with Gasteiger partial charge in [0.1, 0.15) is 18.7 Å². The summed E-state index contributed by atoms with van der Waals surface area (Å²) in [6.07, 6.45) is -0.239. The fourth-order valence-corrected chi connectivity index (χ4v) is 4.91. The van der Waals surface area contributed by atoms with Gasteiger partial charge >= 0.3 is 12.1 Å². The number of carbonyl (C=O) groups excluding carboxylic acids is 2. The van der Waals surface area contributed by atoms with E-state index in [2.05, 4.69) is 5.32 Å². The maximum atomic E-state index is 13.5. The topological polar surface area (TPSA) is 95.9 Å². The van der Waals surface area contributed by atoms with Crippen LogP contribution in [0.4, 0.5) is 4.79 Å². The van der Waals surface area contributed by atoms with Crippen molar-refractivity contribution in [3.63, 3.8) is 0 Å². The number of benzene rings is 4. The van der Waals surface area contributed by atoms with Crippen molar-refractivity contribution in [3.05, 3.63) is 119 Å². The first-order valence-electron chi connectivity index (χ1n) is 12.5. The van der Waals surface area contributed by atoms with Gasteiger partial charge in [0.05, 0.1) is 6.54 Å². The maximum Gasteiger partial charge on any atom is 0.411 e. The molecule has 0 fully saturated rings. The van der Waals surface area contributed by atoms with Gasteiger partial charge in [0.25, 0.3) is 0 Å². The molecule has 5 rings (SSSR count). The summed E-state index contributed by atoms with van der Waals surface area (Å²) in [5.41, 5.74) is 3.53. The van der Waals surface area contributed by atoms with Crippen molar-refractivity contribution in [2.45, 2.75) is 38.1 Å². The second-order valence-corrected chi connectivity index (χ2v) is 9.40. The Morgan fingerprint density at radius 2 is 1.55 bits per heavy atom. The van der Waals surface area contributed by atoms with E-state index >= 15 is 0 Å². The van der Waals surface area contributed by atoms with Gasteiger partial charge in [-0.2, -0.15) is 0 Å². The second kappa shape index (κ2) is 11.2. The SMILES string of the molecule is O=C(O)[C@H](Cc1cccc2ccccc12)NC(=O)[C@@H]1Cc2ccccc2CN1C(=O)OCc1ccccc1. The number of hydrogen-bond donors (Lipinski definition) is 2. The predicted molar refractivity (Wildman–Crippen MR) is 143 cm³/mol. The molecule has 1 aliphatic heterocycles. The van der Waals surface area contributed by atoms with E-state index in [1.165, 1.54) is 4.90 Å². The Hall–Kier alpha value is -4.65. The number of nitrogens with zero attached hydrogens (tertiary/aromatic N) is 1. The van der Waals surface area contributed by atoms with Crippen molar-refractivity contribution >= 4 is 28.7 Å². The molecule has 0 radical (unpaired) electrons. The van der Waals surface area contributed by atoms with E-state index < -0.39 is 30.1 Å². The van der Waals surface area contributed by atoms with Crippen LogP contribution in [-0.2, 0) is 40.3 Å². The van der Waals surface area contributed by atoms with E-state index in [1.54, 1.807) is 0 Å². The standard InChI is InChI=1S/C31H28N2O5/c34-29(32-27(30(35)36)17-24-15-8-14-22-11-6-7-16-26(22)24)28-18-23-12-4-5-13-25(23)19-33(28)31(37)38-20-21-9-2-1-3-10-21/h1-16,27-28H,17-20H2,(H,32,34)(H,35,36)/t27-,28-/m0/s1. The number of aliphatic carboxylic acids is 1. The Bertz CT molecular complexity index is 1460. The maximum absolute atomic E-state index is 13.5. The van der Waals surface area contributed by atoms with Crippen LogP contribution in [0.5, 0.6) is 0 Å². The van der Waals surface area contributed by atoms with Gasteiger partial charge in [0, 0.05) is 12.8 Å². The summed E-state index contributed by atoms with van der Waals surface area (Å²) in [5, 5.41) is 14.6. The van der Waals surface area contributed by atoms with Gasteiger partial charge < -0.3 is 15.2 Å². The van der Waals surface area contributed by atoms with E-state index in [9.17, 15) is 19.5 Å². The highest BCUT2D eigenvalue weighted by Gasteiger charge is 2.37. The van der Waals surface area contributed by atoms with Crippen LogP contribution < -0.4 is 5.32 Å². The highest BCUT2D eigenvalue weighted by atomic mass is 16.6. The van der Waals surface area contributed by atoms with E-state index in [1.807, 2.05) is 97.1 Å². The van der Waals surface area contributed by atoms with E-state index in [4.69, 9.17) is 4.74 Å². The predicted octanol–water partition coefficient (Wildman–Crippen LogP) is 4.72. The van der Waals surface area contributed by atoms with Crippen LogP contribution in [0.2, 0.25) is 0 Å². The van der Waals surface area contributed by atoms with Crippen LogP contribution >= 0.6 is 0 Å². The number of carboxylic acids is 1.